The van der Waals surface area contributed by atoms with E-state index in [-0.39, 0.29) is 12.5 Å². The average Bonchev–Trinajstić information content (AvgIpc) is 3.20. The van der Waals surface area contributed by atoms with Gasteiger partial charge in [-0.05, 0) is 49.2 Å². The molecule has 6 heteroatoms. The molecule has 3 aromatic carbocycles. The maximum absolute atomic E-state index is 12.3. The van der Waals surface area contributed by atoms with Crippen molar-refractivity contribution in [2.75, 3.05) is 13.2 Å². The predicted molar refractivity (Wildman–Crippen MR) is 125 cm³/mol. The van der Waals surface area contributed by atoms with E-state index in [1.165, 1.54) is 0 Å². The molecular formula is C26H27N3O3. The van der Waals surface area contributed by atoms with Crippen LogP contribution in [-0.2, 0) is 17.9 Å². The lowest BCUT2D eigenvalue weighted by Crippen LogP contribution is -2.29. The van der Waals surface area contributed by atoms with Gasteiger partial charge < -0.3 is 19.4 Å². The number of carbonyl (C=O) groups excluding carboxylic acids is 1. The Balaban J connectivity index is 1.31. The zero-order chi connectivity index (χ0) is 22.0. The van der Waals surface area contributed by atoms with Crippen LogP contribution in [0.2, 0.25) is 0 Å². The Hall–Kier alpha value is -3.80. The smallest absolute Gasteiger partial charge is 0.258 e. The van der Waals surface area contributed by atoms with Crippen molar-refractivity contribution in [2.24, 2.45) is 0 Å². The Bertz CT molecular complexity index is 1130. The highest BCUT2D eigenvalue weighted by Gasteiger charge is 2.12. The van der Waals surface area contributed by atoms with Gasteiger partial charge >= 0.3 is 0 Å². The van der Waals surface area contributed by atoms with Gasteiger partial charge in [-0.1, -0.05) is 48.5 Å². The van der Waals surface area contributed by atoms with Gasteiger partial charge in [-0.2, -0.15) is 0 Å². The number of benzene rings is 3. The van der Waals surface area contributed by atoms with Crippen LogP contribution in [0.5, 0.6) is 11.5 Å². The molecule has 1 heterocycles. The number of nitrogens with zero attached hydrogens (tertiary/aromatic N) is 2. The van der Waals surface area contributed by atoms with Crippen LogP contribution in [0.25, 0.3) is 11.0 Å². The number of amides is 1. The first-order chi connectivity index (χ1) is 15.8. The fourth-order valence-corrected chi connectivity index (χ4v) is 3.48. The van der Waals surface area contributed by atoms with Gasteiger partial charge in [-0.25, -0.2) is 4.98 Å². The molecule has 1 N–H and O–H groups in total. The molecule has 0 saturated heterocycles. The third kappa shape index (κ3) is 5.88. The highest BCUT2D eigenvalue weighted by atomic mass is 16.5. The summed E-state index contributed by atoms with van der Waals surface area (Å²) in [7, 11) is 0. The summed E-state index contributed by atoms with van der Waals surface area (Å²) < 4.78 is 13.5. The Kier molecular flexibility index (Phi) is 7.37. The molecule has 4 rings (SSSR count). The molecule has 0 aliphatic rings. The van der Waals surface area contributed by atoms with E-state index >= 15 is 0 Å². The second kappa shape index (κ2) is 11.0. The van der Waals surface area contributed by atoms with Gasteiger partial charge in [0.25, 0.3) is 5.91 Å². The van der Waals surface area contributed by atoms with Crippen LogP contribution in [0, 0.1) is 0 Å². The molecule has 0 bridgehead atoms. The minimum Gasteiger partial charge on any atom is -0.494 e. The fourth-order valence-electron chi connectivity index (χ4n) is 3.48. The molecule has 1 amide bonds. The Morgan fingerprint density at radius 2 is 1.47 bits per heavy atom. The molecule has 0 aliphatic carbocycles. The summed E-state index contributed by atoms with van der Waals surface area (Å²) in [5.74, 6) is 2.22. The van der Waals surface area contributed by atoms with Crippen molar-refractivity contribution < 1.29 is 14.3 Å². The zero-order valence-corrected chi connectivity index (χ0v) is 17.9. The number of hydrogen-bond acceptors (Lipinski definition) is 4. The summed E-state index contributed by atoms with van der Waals surface area (Å²) in [5.41, 5.74) is 2.00. The van der Waals surface area contributed by atoms with Gasteiger partial charge in [-0.15, -0.1) is 0 Å². The van der Waals surface area contributed by atoms with Gasteiger partial charge in [-0.3, -0.25) is 4.79 Å². The molecule has 0 aliphatic heterocycles. The molecule has 4 aromatic rings. The number of aryl methyl sites for hydroxylation is 1. The average molecular weight is 430 g/mol. The first-order valence-corrected chi connectivity index (χ1v) is 10.9. The van der Waals surface area contributed by atoms with Crippen molar-refractivity contribution in [3.8, 4) is 11.5 Å². The van der Waals surface area contributed by atoms with E-state index in [0.29, 0.717) is 18.9 Å². The Labute approximate surface area is 187 Å². The highest BCUT2D eigenvalue weighted by molar-refractivity contribution is 5.78. The number of rotatable bonds is 11. The van der Waals surface area contributed by atoms with E-state index < -0.39 is 0 Å². The molecule has 6 nitrogen and oxygen atoms in total. The standard InChI is InChI=1S/C26H27N3O3/c30-26(20-32-22-13-5-2-6-14-22)27-19-25-28-23-15-7-8-16-24(23)29(25)17-9-10-18-31-21-11-3-1-4-12-21/h1-8,11-16H,9-10,17-20H2,(H,27,30). The van der Waals surface area contributed by atoms with Crippen LogP contribution in [0.3, 0.4) is 0 Å². The topological polar surface area (TPSA) is 65.4 Å². The Morgan fingerprint density at radius 1 is 0.812 bits per heavy atom. The van der Waals surface area contributed by atoms with Gasteiger partial charge in [0.15, 0.2) is 6.61 Å². The van der Waals surface area contributed by atoms with Gasteiger partial charge in [0.05, 0.1) is 24.2 Å². The first kappa shape index (κ1) is 21.4. The van der Waals surface area contributed by atoms with Crippen LogP contribution in [0.4, 0.5) is 0 Å². The molecule has 32 heavy (non-hydrogen) atoms. The van der Waals surface area contributed by atoms with Crippen molar-refractivity contribution in [1.29, 1.82) is 0 Å². The van der Waals surface area contributed by atoms with E-state index in [9.17, 15) is 4.79 Å². The second-order valence-electron chi connectivity index (χ2n) is 7.42. The number of hydrogen-bond donors (Lipinski definition) is 1. The molecule has 164 valence electrons. The normalized spacial score (nSPS) is 10.8. The van der Waals surface area contributed by atoms with E-state index in [0.717, 1.165) is 42.0 Å². The SMILES string of the molecule is O=C(COc1ccccc1)NCc1nc2ccccc2n1CCCCOc1ccccc1. The molecule has 1 aromatic heterocycles. The summed E-state index contributed by atoms with van der Waals surface area (Å²) in [6, 6.07) is 27.2. The predicted octanol–water partition coefficient (Wildman–Crippen LogP) is 4.59. The van der Waals surface area contributed by atoms with Gasteiger partial charge in [0.2, 0.25) is 0 Å². The minimum absolute atomic E-state index is 0.0267. The number of unbranched alkanes of at least 4 members (excludes halogenated alkanes) is 1. The lowest BCUT2D eigenvalue weighted by atomic mass is 10.3. The zero-order valence-electron chi connectivity index (χ0n) is 17.9. The summed E-state index contributed by atoms with van der Waals surface area (Å²) in [6.45, 7) is 1.80. The number of imidazole rings is 1. The van der Waals surface area contributed by atoms with Gasteiger partial charge in [0, 0.05) is 6.54 Å². The molecule has 0 radical (unpaired) electrons. The maximum atomic E-state index is 12.3. The van der Waals surface area contributed by atoms with Crippen molar-refractivity contribution in [1.82, 2.24) is 14.9 Å². The lowest BCUT2D eigenvalue weighted by Gasteiger charge is -2.11. The summed E-state index contributed by atoms with van der Waals surface area (Å²) in [4.78, 5) is 17.0. The monoisotopic (exact) mass is 429 g/mol. The van der Waals surface area contributed by atoms with Gasteiger partial charge in [0.1, 0.15) is 17.3 Å². The third-order valence-electron chi connectivity index (χ3n) is 5.08. The van der Waals surface area contributed by atoms with E-state index in [4.69, 9.17) is 14.5 Å². The van der Waals surface area contributed by atoms with E-state index in [1.54, 1.807) is 0 Å². The Morgan fingerprint density at radius 3 is 2.22 bits per heavy atom. The first-order valence-electron chi connectivity index (χ1n) is 10.9. The summed E-state index contributed by atoms with van der Waals surface area (Å²) in [5, 5.41) is 2.92. The maximum Gasteiger partial charge on any atom is 0.258 e. The van der Waals surface area contributed by atoms with Crippen molar-refractivity contribution in [3.63, 3.8) is 0 Å². The van der Waals surface area contributed by atoms with Crippen LogP contribution in [0.15, 0.2) is 84.9 Å². The second-order valence-corrected chi connectivity index (χ2v) is 7.42. The molecule has 0 fully saturated rings. The van der Waals surface area contributed by atoms with E-state index in [1.807, 2.05) is 78.9 Å². The third-order valence-corrected chi connectivity index (χ3v) is 5.08. The number of nitrogens with one attached hydrogen (secondary N) is 1. The summed E-state index contributed by atoms with van der Waals surface area (Å²) in [6.07, 6.45) is 1.88. The van der Waals surface area contributed by atoms with Crippen LogP contribution < -0.4 is 14.8 Å². The fraction of sp³-hybridized carbons (Fsp3) is 0.231. The number of fused-ring (bicyclic) bond motifs is 1. The molecule has 0 spiro atoms. The number of ether oxygens (including phenoxy) is 2. The van der Waals surface area contributed by atoms with Crippen molar-refractivity contribution >= 4 is 16.9 Å². The minimum atomic E-state index is -0.177. The quantitative estimate of drug-likeness (QED) is 0.354. The lowest BCUT2D eigenvalue weighted by molar-refractivity contribution is -0.123. The largest absolute Gasteiger partial charge is 0.494 e. The van der Waals surface area contributed by atoms with Crippen molar-refractivity contribution in [3.05, 3.63) is 90.8 Å². The number of para-hydroxylation sites is 4. The van der Waals surface area contributed by atoms with E-state index in [2.05, 4.69) is 16.0 Å². The number of carbonyl (C=O) groups is 1. The van der Waals surface area contributed by atoms with Crippen LogP contribution in [0.1, 0.15) is 18.7 Å². The highest BCUT2D eigenvalue weighted by Crippen LogP contribution is 2.17. The summed E-state index contributed by atoms with van der Waals surface area (Å²) >= 11 is 0. The van der Waals surface area contributed by atoms with Crippen LogP contribution >= 0.6 is 0 Å². The molecule has 0 atom stereocenters. The molecule has 0 saturated carbocycles. The number of aromatic nitrogens is 2. The molecule has 0 unspecified atom stereocenters. The molecular weight excluding hydrogens is 402 g/mol. The van der Waals surface area contributed by atoms with Crippen LogP contribution in [-0.4, -0.2) is 28.7 Å². The van der Waals surface area contributed by atoms with Crippen molar-refractivity contribution in [2.45, 2.75) is 25.9 Å².